The fourth-order valence-corrected chi connectivity index (χ4v) is 4.11. The van der Waals surface area contributed by atoms with Crippen molar-refractivity contribution in [3.8, 4) is 10.7 Å². The van der Waals surface area contributed by atoms with Crippen molar-refractivity contribution in [2.45, 2.75) is 38.3 Å². The number of thiophene rings is 1. The number of hydrogen-bond donors (Lipinski definition) is 1. The number of aromatic nitrogens is 2. The highest BCUT2D eigenvalue weighted by Gasteiger charge is 2.25. The smallest absolute Gasteiger partial charge is 0.241 e. The second kappa shape index (κ2) is 6.89. The summed E-state index contributed by atoms with van der Waals surface area (Å²) in [6.45, 7) is 1.50. The minimum absolute atomic E-state index is 0.178. The number of likely N-dealkylation sites (tertiary alicyclic amines) is 1. The Hall–Kier alpha value is -1.25. The molecule has 1 saturated heterocycles. The molecule has 2 N–H and O–H groups in total. The Morgan fingerprint density at radius 3 is 3.14 bits per heavy atom. The van der Waals surface area contributed by atoms with E-state index in [2.05, 4.69) is 31.0 Å². The summed E-state index contributed by atoms with van der Waals surface area (Å²) in [7, 11) is 0. The van der Waals surface area contributed by atoms with Crippen LogP contribution in [0.1, 0.15) is 31.6 Å². The molecule has 0 spiro atoms. The first-order valence-electron chi connectivity index (χ1n) is 7.21. The summed E-state index contributed by atoms with van der Waals surface area (Å²) in [5.74, 6) is 0.927. The van der Waals surface area contributed by atoms with Crippen LogP contribution in [-0.4, -0.2) is 33.5 Å². The molecule has 0 aliphatic carbocycles. The molecule has 0 radical (unpaired) electrons. The molecule has 0 saturated carbocycles. The van der Waals surface area contributed by atoms with Crippen LogP contribution in [0.5, 0.6) is 0 Å². The number of nitrogens with zero attached hydrogens (tertiary/aromatic N) is 3. The molecule has 0 bridgehead atoms. The van der Waals surface area contributed by atoms with E-state index in [4.69, 9.17) is 10.3 Å². The van der Waals surface area contributed by atoms with Crippen LogP contribution in [0.2, 0.25) is 0 Å². The molecule has 1 aliphatic rings. The molecule has 6 nitrogen and oxygen atoms in total. The molecule has 8 heteroatoms. The summed E-state index contributed by atoms with van der Waals surface area (Å²) < 4.78 is 6.37. The molecule has 3 rings (SSSR count). The summed E-state index contributed by atoms with van der Waals surface area (Å²) in [5.41, 5.74) is 5.34. The molecule has 1 unspecified atom stereocenters. The maximum absolute atomic E-state index is 11.2. The number of piperidine rings is 1. The lowest BCUT2D eigenvalue weighted by molar-refractivity contribution is -0.119. The van der Waals surface area contributed by atoms with E-state index in [-0.39, 0.29) is 11.9 Å². The fraction of sp³-hybridized carbons (Fsp3) is 0.500. The molecule has 1 fully saturated rings. The third kappa shape index (κ3) is 3.74. The van der Waals surface area contributed by atoms with Crippen molar-refractivity contribution >= 4 is 33.2 Å². The first-order valence-corrected chi connectivity index (χ1v) is 8.88. The van der Waals surface area contributed by atoms with E-state index in [1.165, 1.54) is 0 Å². The standard InChI is InChI=1S/C14H17BrN4O2S/c15-9-5-11(22-8-9)14-17-13(21-18-14)7-19-4-2-1-3-10(19)6-12(16)20/h5,8,10H,1-4,6-7H2,(H2,16,20). The van der Waals surface area contributed by atoms with Gasteiger partial charge in [0.05, 0.1) is 11.4 Å². The minimum atomic E-state index is -0.258. The number of rotatable bonds is 5. The highest BCUT2D eigenvalue weighted by Crippen LogP contribution is 2.28. The van der Waals surface area contributed by atoms with Gasteiger partial charge in [0, 0.05) is 22.3 Å². The lowest BCUT2D eigenvalue weighted by Crippen LogP contribution is -2.41. The number of nitrogens with two attached hydrogens (primary N) is 1. The van der Waals surface area contributed by atoms with Gasteiger partial charge in [-0.25, -0.2) is 0 Å². The van der Waals surface area contributed by atoms with Gasteiger partial charge in [0.25, 0.3) is 0 Å². The van der Waals surface area contributed by atoms with Crippen LogP contribution < -0.4 is 5.73 Å². The first kappa shape index (κ1) is 15.6. The van der Waals surface area contributed by atoms with Crippen LogP contribution in [0.3, 0.4) is 0 Å². The Balaban J connectivity index is 1.69. The maximum atomic E-state index is 11.2. The van der Waals surface area contributed by atoms with Gasteiger partial charge in [-0.15, -0.1) is 11.3 Å². The van der Waals surface area contributed by atoms with Crippen molar-refractivity contribution in [2.24, 2.45) is 5.73 Å². The van der Waals surface area contributed by atoms with E-state index in [1.54, 1.807) is 11.3 Å². The van der Waals surface area contributed by atoms with Gasteiger partial charge in [-0.3, -0.25) is 9.69 Å². The van der Waals surface area contributed by atoms with Crippen molar-refractivity contribution in [3.05, 3.63) is 21.8 Å². The van der Waals surface area contributed by atoms with Crippen LogP contribution in [0.15, 0.2) is 20.4 Å². The van der Waals surface area contributed by atoms with Gasteiger partial charge in [-0.2, -0.15) is 4.98 Å². The Labute approximate surface area is 140 Å². The molecule has 0 aromatic carbocycles. The Bertz CT molecular complexity index is 657. The van der Waals surface area contributed by atoms with Gasteiger partial charge in [0.2, 0.25) is 17.6 Å². The third-order valence-electron chi connectivity index (χ3n) is 3.78. The average Bonchev–Trinajstić information content (AvgIpc) is 3.09. The monoisotopic (exact) mass is 384 g/mol. The predicted octanol–water partition coefficient (Wildman–Crippen LogP) is 2.79. The number of hydrogen-bond acceptors (Lipinski definition) is 6. The zero-order chi connectivity index (χ0) is 15.5. The van der Waals surface area contributed by atoms with E-state index in [0.717, 1.165) is 35.2 Å². The van der Waals surface area contributed by atoms with E-state index >= 15 is 0 Å². The third-order valence-corrected chi connectivity index (χ3v) is 5.47. The van der Waals surface area contributed by atoms with Gasteiger partial charge in [0.1, 0.15) is 0 Å². The van der Waals surface area contributed by atoms with Crippen LogP contribution in [0.4, 0.5) is 0 Å². The summed E-state index contributed by atoms with van der Waals surface area (Å²) in [6.07, 6.45) is 3.63. The lowest BCUT2D eigenvalue weighted by Gasteiger charge is -2.33. The van der Waals surface area contributed by atoms with Crippen LogP contribution in [0, 0.1) is 0 Å². The fourth-order valence-electron chi connectivity index (χ4n) is 2.75. The predicted molar refractivity (Wildman–Crippen MR) is 87.2 cm³/mol. The molecule has 3 heterocycles. The zero-order valence-corrected chi connectivity index (χ0v) is 14.4. The second-order valence-electron chi connectivity index (χ2n) is 5.43. The van der Waals surface area contributed by atoms with Gasteiger partial charge in [0.15, 0.2) is 0 Å². The molecule has 1 aliphatic heterocycles. The summed E-state index contributed by atoms with van der Waals surface area (Å²) in [5, 5.41) is 6.02. The molecular formula is C14H17BrN4O2S. The highest BCUT2D eigenvalue weighted by atomic mass is 79.9. The van der Waals surface area contributed by atoms with Gasteiger partial charge in [-0.1, -0.05) is 11.6 Å². The number of carbonyl (C=O) groups excluding carboxylic acids is 1. The minimum Gasteiger partial charge on any atom is -0.370 e. The summed E-state index contributed by atoms with van der Waals surface area (Å²) in [4.78, 5) is 18.8. The second-order valence-corrected chi connectivity index (χ2v) is 7.26. The first-order chi connectivity index (χ1) is 10.6. The van der Waals surface area contributed by atoms with Crippen LogP contribution in [-0.2, 0) is 11.3 Å². The SMILES string of the molecule is NC(=O)CC1CCCCN1Cc1nc(-c2cc(Br)cs2)no1. The van der Waals surface area contributed by atoms with E-state index in [9.17, 15) is 4.79 Å². The van der Waals surface area contributed by atoms with Crippen molar-refractivity contribution < 1.29 is 9.32 Å². The topological polar surface area (TPSA) is 85.3 Å². The largest absolute Gasteiger partial charge is 0.370 e. The quantitative estimate of drug-likeness (QED) is 0.856. The molecule has 22 heavy (non-hydrogen) atoms. The van der Waals surface area contributed by atoms with Crippen LogP contribution in [0.25, 0.3) is 10.7 Å². The Morgan fingerprint density at radius 2 is 2.41 bits per heavy atom. The van der Waals surface area contributed by atoms with Crippen molar-refractivity contribution in [3.63, 3.8) is 0 Å². The van der Waals surface area contributed by atoms with Crippen molar-refractivity contribution in [2.75, 3.05) is 6.54 Å². The van der Waals surface area contributed by atoms with Gasteiger partial charge < -0.3 is 10.3 Å². The van der Waals surface area contributed by atoms with Crippen molar-refractivity contribution in [1.82, 2.24) is 15.0 Å². The normalized spacial score (nSPS) is 19.4. The number of carbonyl (C=O) groups is 1. The molecule has 2 aromatic heterocycles. The van der Waals surface area contributed by atoms with Gasteiger partial charge in [-0.05, 0) is 41.4 Å². The summed E-state index contributed by atoms with van der Waals surface area (Å²) >= 11 is 4.98. The molecule has 1 amide bonds. The maximum Gasteiger partial charge on any atom is 0.241 e. The molecule has 2 aromatic rings. The van der Waals surface area contributed by atoms with E-state index < -0.39 is 0 Å². The van der Waals surface area contributed by atoms with Gasteiger partial charge >= 0.3 is 0 Å². The summed E-state index contributed by atoms with van der Waals surface area (Å²) in [6, 6.07) is 2.15. The van der Waals surface area contributed by atoms with Crippen molar-refractivity contribution in [1.29, 1.82) is 0 Å². The number of halogens is 1. The Morgan fingerprint density at radius 1 is 1.55 bits per heavy atom. The molecule has 118 valence electrons. The zero-order valence-electron chi connectivity index (χ0n) is 12.0. The van der Waals surface area contributed by atoms with E-state index in [1.807, 2.05) is 11.4 Å². The van der Waals surface area contributed by atoms with Crippen LogP contribution >= 0.6 is 27.3 Å². The Kier molecular flexibility index (Phi) is 4.90. The van der Waals surface area contributed by atoms with E-state index in [0.29, 0.717) is 24.7 Å². The number of primary amides is 1. The molecule has 1 atom stereocenters. The molecular weight excluding hydrogens is 368 g/mol. The highest BCUT2D eigenvalue weighted by molar-refractivity contribution is 9.10. The average molecular weight is 385 g/mol. The lowest BCUT2D eigenvalue weighted by atomic mass is 9.99. The number of amides is 1.